The molecule has 0 aromatic heterocycles. The monoisotopic (exact) mass is 361 g/mol. The van der Waals surface area contributed by atoms with Crippen LogP contribution in [0.15, 0.2) is 12.1 Å². The molecule has 0 saturated carbocycles. The zero-order valence-corrected chi connectivity index (χ0v) is 16.0. The van der Waals surface area contributed by atoms with Crippen molar-refractivity contribution in [3.63, 3.8) is 0 Å². The van der Waals surface area contributed by atoms with Crippen molar-refractivity contribution in [2.45, 2.75) is 69.3 Å². The average molecular weight is 361 g/mol. The molecule has 0 bridgehead atoms. The molecule has 1 spiro atoms. The maximum Gasteiger partial charge on any atom is 0.123 e. The molecule has 1 aromatic carbocycles. The third-order valence-corrected chi connectivity index (χ3v) is 6.60. The van der Waals surface area contributed by atoms with E-state index in [-0.39, 0.29) is 12.2 Å². The first-order valence-electron chi connectivity index (χ1n) is 9.86. The largest absolute Gasteiger partial charge is 0.496 e. The van der Waals surface area contributed by atoms with Gasteiger partial charge in [0.15, 0.2) is 0 Å². The Kier molecular flexibility index (Phi) is 4.76. The molecule has 2 atom stereocenters. The molecule has 0 unspecified atom stereocenters. The number of ether oxygens (including phenoxy) is 2. The average Bonchev–Trinajstić information content (AvgIpc) is 3.07. The van der Waals surface area contributed by atoms with Crippen molar-refractivity contribution in [3.05, 3.63) is 28.8 Å². The second-order valence-electron chi connectivity index (χ2n) is 8.61. The Balaban J connectivity index is 1.42. The maximum atomic E-state index is 10.5. The number of hydrogen-bond acceptors (Lipinski definition) is 5. The molecule has 1 aliphatic carbocycles. The summed E-state index contributed by atoms with van der Waals surface area (Å²) >= 11 is 0. The molecule has 3 aliphatic rings. The topological polar surface area (TPSA) is 62.2 Å². The first-order chi connectivity index (χ1) is 12.4. The summed E-state index contributed by atoms with van der Waals surface area (Å²) in [5.74, 6) is 1.01. The van der Waals surface area contributed by atoms with Crippen molar-refractivity contribution in [1.29, 1.82) is 0 Å². The molecule has 5 heteroatoms. The van der Waals surface area contributed by atoms with Crippen LogP contribution in [-0.4, -0.2) is 59.2 Å². The molecule has 2 fully saturated rings. The smallest absolute Gasteiger partial charge is 0.123 e. The third-order valence-electron chi connectivity index (χ3n) is 6.60. The molecular formula is C21H31NO4. The van der Waals surface area contributed by atoms with Crippen molar-refractivity contribution in [2.24, 2.45) is 0 Å². The van der Waals surface area contributed by atoms with Gasteiger partial charge in [-0.05, 0) is 56.2 Å². The van der Waals surface area contributed by atoms with Crippen LogP contribution in [0, 0.1) is 0 Å². The number of aryl methyl sites for hydroxylation is 2. The van der Waals surface area contributed by atoms with Crippen LogP contribution in [0.25, 0.3) is 0 Å². The summed E-state index contributed by atoms with van der Waals surface area (Å²) in [6.45, 7) is 4.72. The Labute approximate surface area is 155 Å². The van der Waals surface area contributed by atoms with E-state index in [1.165, 1.54) is 36.0 Å². The van der Waals surface area contributed by atoms with Crippen molar-refractivity contribution in [1.82, 2.24) is 4.90 Å². The molecule has 2 saturated heterocycles. The van der Waals surface area contributed by atoms with Crippen LogP contribution in [-0.2, 0) is 24.1 Å². The fraction of sp³-hybridized carbons (Fsp3) is 0.714. The summed E-state index contributed by atoms with van der Waals surface area (Å²) in [7, 11) is 1.76. The number of fused-ring (bicyclic) bond motifs is 1. The van der Waals surface area contributed by atoms with Gasteiger partial charge >= 0.3 is 0 Å². The van der Waals surface area contributed by atoms with E-state index in [0.29, 0.717) is 6.42 Å². The van der Waals surface area contributed by atoms with Gasteiger partial charge in [0.1, 0.15) is 11.9 Å². The van der Waals surface area contributed by atoms with Crippen LogP contribution in [0.1, 0.15) is 49.3 Å². The van der Waals surface area contributed by atoms with Crippen molar-refractivity contribution in [3.8, 4) is 5.75 Å². The molecule has 144 valence electrons. The maximum absolute atomic E-state index is 10.5. The van der Waals surface area contributed by atoms with Gasteiger partial charge in [-0.2, -0.15) is 0 Å². The van der Waals surface area contributed by atoms with Gasteiger partial charge in [-0.3, -0.25) is 4.90 Å². The van der Waals surface area contributed by atoms with E-state index in [1.807, 2.05) is 0 Å². The quantitative estimate of drug-likeness (QED) is 0.863. The number of methoxy groups -OCH3 is 1. The summed E-state index contributed by atoms with van der Waals surface area (Å²) in [5, 5.41) is 20.4. The van der Waals surface area contributed by atoms with Crippen molar-refractivity contribution in [2.75, 3.05) is 26.8 Å². The molecule has 2 aliphatic heterocycles. The van der Waals surface area contributed by atoms with E-state index in [0.717, 1.165) is 38.2 Å². The Bertz CT molecular complexity index is 664. The van der Waals surface area contributed by atoms with E-state index < -0.39 is 11.7 Å². The van der Waals surface area contributed by atoms with Gasteiger partial charge in [-0.15, -0.1) is 0 Å². The van der Waals surface area contributed by atoms with E-state index in [2.05, 4.69) is 17.0 Å². The molecule has 1 aromatic rings. The third kappa shape index (κ3) is 3.38. The highest BCUT2D eigenvalue weighted by Gasteiger charge is 2.48. The number of aliphatic hydroxyl groups is 2. The van der Waals surface area contributed by atoms with Gasteiger partial charge in [-0.25, -0.2) is 0 Å². The number of rotatable bonds is 3. The lowest BCUT2D eigenvalue weighted by molar-refractivity contribution is -0.223. The second kappa shape index (κ2) is 6.79. The second-order valence-corrected chi connectivity index (χ2v) is 8.61. The predicted molar refractivity (Wildman–Crippen MR) is 99.5 cm³/mol. The highest BCUT2D eigenvalue weighted by molar-refractivity contribution is 5.44. The van der Waals surface area contributed by atoms with Gasteiger partial charge in [0.05, 0.1) is 24.9 Å². The van der Waals surface area contributed by atoms with Gasteiger partial charge < -0.3 is 19.7 Å². The number of likely N-dealkylation sites (tertiary alicyclic amines) is 1. The zero-order valence-electron chi connectivity index (χ0n) is 16.0. The molecule has 0 radical (unpaired) electrons. The minimum atomic E-state index is -1.05. The molecule has 2 heterocycles. The Morgan fingerprint density at radius 1 is 1.23 bits per heavy atom. The van der Waals surface area contributed by atoms with Gasteiger partial charge in [-0.1, -0.05) is 6.07 Å². The van der Waals surface area contributed by atoms with E-state index in [4.69, 9.17) is 9.47 Å². The summed E-state index contributed by atoms with van der Waals surface area (Å²) < 4.78 is 11.6. The highest BCUT2D eigenvalue weighted by atomic mass is 16.5. The summed E-state index contributed by atoms with van der Waals surface area (Å²) in [6.07, 6.45) is 5.10. The van der Waals surface area contributed by atoms with Gasteiger partial charge in [0, 0.05) is 31.6 Å². The van der Waals surface area contributed by atoms with Gasteiger partial charge in [0.2, 0.25) is 0 Å². The fourth-order valence-electron chi connectivity index (χ4n) is 4.90. The van der Waals surface area contributed by atoms with Crippen LogP contribution in [0.2, 0.25) is 0 Å². The number of hydrogen-bond donors (Lipinski definition) is 2. The molecule has 5 nitrogen and oxygen atoms in total. The fourth-order valence-corrected chi connectivity index (χ4v) is 4.90. The molecule has 2 N–H and O–H groups in total. The Morgan fingerprint density at radius 3 is 2.58 bits per heavy atom. The number of piperidine rings is 1. The van der Waals surface area contributed by atoms with Gasteiger partial charge in [0.25, 0.3) is 0 Å². The lowest BCUT2D eigenvalue weighted by Gasteiger charge is -2.50. The first-order valence-corrected chi connectivity index (χ1v) is 9.86. The van der Waals surface area contributed by atoms with E-state index >= 15 is 0 Å². The van der Waals surface area contributed by atoms with Crippen LogP contribution in [0.5, 0.6) is 5.75 Å². The molecule has 4 rings (SSSR count). The van der Waals surface area contributed by atoms with Crippen LogP contribution < -0.4 is 4.74 Å². The van der Waals surface area contributed by atoms with Crippen LogP contribution in [0.4, 0.5) is 0 Å². The normalized spacial score (nSPS) is 31.2. The Morgan fingerprint density at radius 2 is 1.92 bits per heavy atom. The van der Waals surface area contributed by atoms with Crippen LogP contribution in [0.3, 0.4) is 0 Å². The SMILES string of the molecule is COc1cc2c(cc1CN1CCC3(CC1)C[C@](C)(O)[C@@H](O)CO3)CCC2. The van der Waals surface area contributed by atoms with Crippen LogP contribution >= 0.6 is 0 Å². The molecule has 0 amide bonds. The van der Waals surface area contributed by atoms with E-state index in [1.54, 1.807) is 14.0 Å². The van der Waals surface area contributed by atoms with Crippen molar-refractivity contribution >= 4 is 0 Å². The minimum Gasteiger partial charge on any atom is -0.496 e. The molecule has 26 heavy (non-hydrogen) atoms. The van der Waals surface area contributed by atoms with Crippen molar-refractivity contribution < 1.29 is 19.7 Å². The zero-order chi connectivity index (χ0) is 18.4. The Hall–Kier alpha value is -1.14. The molecular weight excluding hydrogens is 330 g/mol. The number of aliphatic hydroxyl groups excluding tert-OH is 1. The lowest BCUT2D eigenvalue weighted by atomic mass is 9.76. The first kappa shape index (κ1) is 18.2. The predicted octanol–water partition coefficient (Wildman–Crippen LogP) is 2.05. The summed E-state index contributed by atoms with van der Waals surface area (Å²) in [4.78, 5) is 2.45. The minimum absolute atomic E-state index is 0.228. The highest BCUT2D eigenvalue weighted by Crippen LogP contribution is 2.40. The number of nitrogens with zero attached hydrogens (tertiary/aromatic N) is 1. The summed E-state index contributed by atoms with van der Waals surface area (Å²) in [5.41, 5.74) is 2.86. The summed E-state index contributed by atoms with van der Waals surface area (Å²) in [6, 6.07) is 4.57. The lowest BCUT2D eigenvalue weighted by Crippen LogP contribution is -2.59. The standard InChI is InChI=1S/C21H31NO4/c1-20(24)14-21(26-13-19(20)23)6-8-22(9-7-21)12-17-10-15-4-3-5-16(15)11-18(17)25-2/h10-11,19,23-24H,3-9,12-14H2,1-2H3/t19-,20-/m0/s1. The van der Waals surface area contributed by atoms with E-state index in [9.17, 15) is 10.2 Å². The number of benzene rings is 1.